The topological polar surface area (TPSA) is 96.5 Å². The van der Waals surface area contributed by atoms with Crippen LogP contribution in [0.1, 0.15) is 43.7 Å². The first-order valence-corrected chi connectivity index (χ1v) is 11.6. The van der Waals surface area contributed by atoms with Crippen LogP contribution >= 0.6 is 24.0 Å². The summed E-state index contributed by atoms with van der Waals surface area (Å²) in [5, 5.41) is 13.6. The number of benzene rings is 2. The fraction of sp³-hybridized carbons (Fsp3) is 0.400. The SMILES string of the molecule is CCNC(=NCc1cccc(-c2ncn[nH]2)c1)NCc1cccc(OC)c1OC1CCCC1.I. The number of nitrogens with zero attached hydrogens (tertiary/aromatic N) is 3. The first-order chi connectivity index (χ1) is 16.3. The molecule has 3 N–H and O–H groups in total. The van der Waals surface area contributed by atoms with Gasteiger partial charge in [-0.3, -0.25) is 5.10 Å². The van der Waals surface area contributed by atoms with Crippen LogP contribution in [0, 0.1) is 0 Å². The van der Waals surface area contributed by atoms with Gasteiger partial charge in [0.05, 0.1) is 19.8 Å². The number of H-pyrrole nitrogens is 1. The number of hydrogen-bond donors (Lipinski definition) is 3. The van der Waals surface area contributed by atoms with E-state index in [4.69, 9.17) is 14.5 Å². The zero-order valence-corrected chi connectivity index (χ0v) is 22.0. The number of nitrogens with one attached hydrogen (secondary N) is 3. The molecule has 2 aromatic carbocycles. The summed E-state index contributed by atoms with van der Waals surface area (Å²) in [6.45, 7) is 3.96. The smallest absolute Gasteiger partial charge is 0.191 e. The number of aromatic amines is 1. The average Bonchev–Trinajstić information content (AvgIpc) is 3.56. The van der Waals surface area contributed by atoms with Gasteiger partial charge >= 0.3 is 0 Å². The number of guanidine groups is 1. The van der Waals surface area contributed by atoms with E-state index in [2.05, 4.69) is 50.9 Å². The van der Waals surface area contributed by atoms with Crippen LogP contribution in [0.5, 0.6) is 11.5 Å². The second kappa shape index (κ2) is 13.2. The molecular weight excluding hydrogens is 543 g/mol. The number of methoxy groups -OCH3 is 1. The summed E-state index contributed by atoms with van der Waals surface area (Å²) in [6.07, 6.45) is 6.42. The summed E-state index contributed by atoms with van der Waals surface area (Å²) in [6, 6.07) is 14.2. The highest BCUT2D eigenvalue weighted by Crippen LogP contribution is 2.34. The molecule has 9 heteroatoms. The quantitative estimate of drug-likeness (QED) is 0.195. The number of hydrogen-bond acceptors (Lipinski definition) is 5. The van der Waals surface area contributed by atoms with Crippen LogP contribution in [0.2, 0.25) is 0 Å². The fourth-order valence-corrected chi connectivity index (χ4v) is 4.02. The Morgan fingerprint density at radius 2 is 1.97 bits per heavy atom. The first kappa shape index (κ1) is 25.8. The Bertz CT molecular complexity index is 1050. The number of rotatable bonds is 9. The second-order valence-electron chi connectivity index (χ2n) is 8.06. The molecule has 1 aliphatic carbocycles. The Morgan fingerprint density at radius 3 is 2.71 bits per heavy atom. The van der Waals surface area contributed by atoms with Crippen LogP contribution in [-0.2, 0) is 13.1 Å². The molecule has 4 rings (SSSR count). The van der Waals surface area contributed by atoms with Gasteiger partial charge < -0.3 is 20.1 Å². The summed E-state index contributed by atoms with van der Waals surface area (Å²) in [4.78, 5) is 9.00. The molecule has 0 atom stereocenters. The van der Waals surface area contributed by atoms with E-state index < -0.39 is 0 Å². The molecule has 1 fully saturated rings. The van der Waals surface area contributed by atoms with Gasteiger partial charge in [0.1, 0.15) is 6.33 Å². The van der Waals surface area contributed by atoms with Gasteiger partial charge in [-0.1, -0.05) is 30.3 Å². The molecule has 0 amide bonds. The van der Waals surface area contributed by atoms with E-state index in [-0.39, 0.29) is 30.1 Å². The van der Waals surface area contributed by atoms with Gasteiger partial charge in [0.25, 0.3) is 0 Å². The Labute approximate surface area is 218 Å². The molecule has 0 unspecified atom stereocenters. The minimum absolute atomic E-state index is 0. The number of ether oxygens (including phenoxy) is 2. The molecule has 1 aromatic heterocycles. The summed E-state index contributed by atoms with van der Waals surface area (Å²) in [5.74, 6) is 3.10. The van der Waals surface area contributed by atoms with E-state index >= 15 is 0 Å². The van der Waals surface area contributed by atoms with Crippen LogP contribution in [0.4, 0.5) is 0 Å². The average molecular weight is 576 g/mol. The van der Waals surface area contributed by atoms with Crippen molar-refractivity contribution in [2.24, 2.45) is 4.99 Å². The minimum Gasteiger partial charge on any atom is -0.493 e. The molecule has 1 saturated carbocycles. The van der Waals surface area contributed by atoms with Crippen molar-refractivity contribution in [1.82, 2.24) is 25.8 Å². The summed E-state index contributed by atoms with van der Waals surface area (Å²) >= 11 is 0. The third-order valence-electron chi connectivity index (χ3n) is 5.69. The molecule has 0 spiro atoms. The number of aromatic nitrogens is 3. The molecular formula is C25H33IN6O2. The van der Waals surface area contributed by atoms with Crippen LogP contribution in [0.15, 0.2) is 53.8 Å². The Balaban J connectivity index is 0.00000324. The van der Waals surface area contributed by atoms with Gasteiger partial charge in [0, 0.05) is 24.2 Å². The monoisotopic (exact) mass is 576 g/mol. The number of para-hydroxylation sites is 1. The molecule has 0 radical (unpaired) electrons. The van der Waals surface area contributed by atoms with Gasteiger partial charge in [-0.05, 0) is 50.3 Å². The third-order valence-corrected chi connectivity index (χ3v) is 5.69. The number of halogens is 1. The molecule has 0 aliphatic heterocycles. The van der Waals surface area contributed by atoms with Crippen LogP contribution < -0.4 is 20.1 Å². The first-order valence-electron chi connectivity index (χ1n) is 11.6. The Hall–Kier alpha value is -2.82. The normalized spacial score (nSPS) is 13.9. The van der Waals surface area contributed by atoms with Gasteiger partial charge in [0.2, 0.25) is 0 Å². The minimum atomic E-state index is 0. The van der Waals surface area contributed by atoms with Crippen molar-refractivity contribution in [2.75, 3.05) is 13.7 Å². The second-order valence-corrected chi connectivity index (χ2v) is 8.06. The van der Waals surface area contributed by atoms with Crippen molar-refractivity contribution in [2.45, 2.75) is 51.8 Å². The Kier molecular flexibility index (Phi) is 9.99. The molecule has 8 nitrogen and oxygen atoms in total. The van der Waals surface area contributed by atoms with E-state index in [1.807, 2.05) is 24.3 Å². The lowest BCUT2D eigenvalue weighted by Gasteiger charge is -2.20. The molecule has 34 heavy (non-hydrogen) atoms. The number of aliphatic imine (C=N–C) groups is 1. The van der Waals surface area contributed by atoms with Crippen molar-refractivity contribution in [3.05, 3.63) is 59.9 Å². The summed E-state index contributed by atoms with van der Waals surface area (Å²) < 4.78 is 11.9. The molecule has 182 valence electrons. The highest BCUT2D eigenvalue weighted by molar-refractivity contribution is 14.0. The van der Waals surface area contributed by atoms with Gasteiger partial charge in [-0.2, -0.15) is 5.10 Å². The third kappa shape index (κ3) is 6.85. The van der Waals surface area contributed by atoms with Crippen molar-refractivity contribution < 1.29 is 9.47 Å². The van der Waals surface area contributed by atoms with E-state index in [1.165, 1.54) is 19.2 Å². The van der Waals surface area contributed by atoms with Crippen molar-refractivity contribution in [3.63, 3.8) is 0 Å². The standard InChI is InChI=1S/C25H32N6O2.HI/c1-3-26-25(27-15-18-8-6-9-19(14-18)24-29-17-30-31-24)28-16-20-10-7-13-22(32-2)23(20)33-21-11-4-5-12-21;/h6-10,13-14,17,21H,3-5,11-12,15-16H2,1-2H3,(H2,26,27,28)(H,29,30,31);1H. The van der Waals surface area contributed by atoms with Crippen molar-refractivity contribution in [1.29, 1.82) is 0 Å². The van der Waals surface area contributed by atoms with Crippen LogP contribution in [0.3, 0.4) is 0 Å². The molecule has 3 aromatic rings. The zero-order valence-electron chi connectivity index (χ0n) is 19.7. The van der Waals surface area contributed by atoms with E-state index in [1.54, 1.807) is 7.11 Å². The molecule has 0 saturated heterocycles. The van der Waals surface area contributed by atoms with E-state index in [0.29, 0.717) is 13.1 Å². The maximum Gasteiger partial charge on any atom is 0.191 e. The zero-order chi connectivity index (χ0) is 22.9. The van der Waals surface area contributed by atoms with Crippen molar-refractivity contribution in [3.8, 4) is 22.9 Å². The van der Waals surface area contributed by atoms with Crippen LogP contribution in [0.25, 0.3) is 11.4 Å². The molecule has 1 heterocycles. The summed E-state index contributed by atoms with van der Waals surface area (Å²) in [5.41, 5.74) is 3.13. The summed E-state index contributed by atoms with van der Waals surface area (Å²) in [7, 11) is 1.69. The van der Waals surface area contributed by atoms with Gasteiger partial charge in [-0.15, -0.1) is 24.0 Å². The maximum atomic E-state index is 6.36. The highest BCUT2D eigenvalue weighted by atomic mass is 127. The lowest BCUT2D eigenvalue weighted by molar-refractivity contribution is 0.198. The molecule has 0 bridgehead atoms. The lowest BCUT2D eigenvalue weighted by atomic mass is 10.1. The lowest BCUT2D eigenvalue weighted by Crippen LogP contribution is -2.37. The predicted molar refractivity (Wildman–Crippen MR) is 145 cm³/mol. The molecule has 1 aliphatic rings. The van der Waals surface area contributed by atoms with Crippen molar-refractivity contribution >= 4 is 29.9 Å². The van der Waals surface area contributed by atoms with Gasteiger partial charge in [-0.25, -0.2) is 9.98 Å². The largest absolute Gasteiger partial charge is 0.493 e. The van der Waals surface area contributed by atoms with E-state index in [0.717, 1.165) is 59.4 Å². The predicted octanol–water partition coefficient (Wildman–Crippen LogP) is 4.68. The Morgan fingerprint density at radius 1 is 1.15 bits per heavy atom. The maximum absolute atomic E-state index is 6.36. The van der Waals surface area contributed by atoms with Gasteiger partial charge in [0.15, 0.2) is 23.3 Å². The highest BCUT2D eigenvalue weighted by Gasteiger charge is 2.20. The van der Waals surface area contributed by atoms with Crippen LogP contribution in [-0.4, -0.2) is 40.9 Å². The fourth-order valence-electron chi connectivity index (χ4n) is 4.02. The van der Waals surface area contributed by atoms with E-state index in [9.17, 15) is 0 Å².